The molecule has 1 aromatic heterocycles. The van der Waals surface area contributed by atoms with Gasteiger partial charge in [0.15, 0.2) is 18.1 Å². The minimum absolute atomic E-state index is 0.129. The van der Waals surface area contributed by atoms with E-state index in [0.29, 0.717) is 21.2 Å². The van der Waals surface area contributed by atoms with Gasteiger partial charge >= 0.3 is 11.0 Å². The highest BCUT2D eigenvalue weighted by molar-refractivity contribution is 8.00. The first-order valence-corrected chi connectivity index (χ1v) is 17.1. The van der Waals surface area contributed by atoms with Crippen LogP contribution in [0.25, 0.3) is 0 Å². The highest BCUT2D eigenvalue weighted by atomic mass is 32.2. The van der Waals surface area contributed by atoms with Crippen molar-refractivity contribution in [1.29, 1.82) is 0 Å². The molecule has 0 aliphatic carbocycles. The summed E-state index contributed by atoms with van der Waals surface area (Å²) in [5, 5.41) is 6.97. The highest BCUT2D eigenvalue weighted by Crippen LogP contribution is 2.54. The number of ether oxygens (including phenoxy) is 2. The lowest BCUT2D eigenvalue weighted by molar-refractivity contribution is -0.137. The minimum atomic E-state index is -4.70. The molecular weight excluding hydrogens is 698 g/mol. The molecule has 18 heteroatoms. The topological polar surface area (TPSA) is 178 Å². The number of nitrogens with zero attached hydrogens (tertiary/aromatic N) is 1. The number of carbonyl (C=O) groups excluding carboxylic acids is 3. The van der Waals surface area contributed by atoms with Crippen molar-refractivity contribution in [2.24, 2.45) is 11.1 Å². The average Bonchev–Trinajstić information content (AvgIpc) is 3.53. The van der Waals surface area contributed by atoms with Crippen LogP contribution in [0.1, 0.15) is 21.9 Å². The van der Waals surface area contributed by atoms with Crippen LogP contribution in [0.3, 0.4) is 0 Å². The van der Waals surface area contributed by atoms with Gasteiger partial charge in [-0.05, 0) is 60.2 Å². The van der Waals surface area contributed by atoms with Crippen molar-refractivity contribution < 1.29 is 45.4 Å². The van der Waals surface area contributed by atoms with Gasteiger partial charge in [0.25, 0.3) is 5.91 Å². The predicted molar refractivity (Wildman–Crippen MR) is 169 cm³/mol. The fraction of sp³-hybridized carbons (Fsp3) is 0.200. The van der Waals surface area contributed by atoms with Gasteiger partial charge in [-0.2, -0.15) is 13.2 Å². The highest BCUT2D eigenvalue weighted by Gasteiger charge is 2.56. The first-order chi connectivity index (χ1) is 22.7. The molecule has 1 saturated heterocycles. The van der Waals surface area contributed by atoms with Crippen LogP contribution in [0, 0.1) is 5.92 Å². The second-order valence-electron chi connectivity index (χ2n) is 10.6. The van der Waals surface area contributed by atoms with Gasteiger partial charge in [-0.1, -0.05) is 35.2 Å². The van der Waals surface area contributed by atoms with Gasteiger partial charge in [-0.15, -0.1) is 0 Å². The Morgan fingerprint density at radius 2 is 1.75 bits per heavy atom. The molecule has 3 amide bonds. The Bertz CT molecular complexity index is 2120. The van der Waals surface area contributed by atoms with E-state index in [4.69, 9.17) is 14.6 Å². The summed E-state index contributed by atoms with van der Waals surface area (Å²) in [6.45, 7) is -0.472. The third-order valence-corrected chi connectivity index (χ3v) is 11.0. The Kier molecular flexibility index (Phi) is 8.61. The Labute approximate surface area is 278 Å². The molecule has 0 spiro atoms. The summed E-state index contributed by atoms with van der Waals surface area (Å²) >= 11 is 1.83. The number of nitrogens with one attached hydrogen (secondary N) is 2. The van der Waals surface area contributed by atoms with Crippen LogP contribution in [0.2, 0.25) is 0 Å². The molecule has 2 aliphatic rings. The van der Waals surface area contributed by atoms with E-state index in [1.54, 1.807) is 6.07 Å². The zero-order valence-electron chi connectivity index (χ0n) is 24.4. The lowest BCUT2D eigenvalue weighted by Crippen LogP contribution is -2.32. The third kappa shape index (κ3) is 6.30. The molecule has 0 saturated carbocycles. The summed E-state index contributed by atoms with van der Waals surface area (Å²) in [7, 11) is -2.56. The Morgan fingerprint density at radius 1 is 1.02 bits per heavy atom. The quantitative estimate of drug-likeness (QED) is 0.228. The minimum Gasteiger partial charge on any atom is -0.493 e. The molecule has 48 heavy (non-hydrogen) atoms. The van der Waals surface area contributed by atoms with E-state index in [1.807, 2.05) is 0 Å². The molecule has 0 bridgehead atoms. The number of alkyl halides is 3. The van der Waals surface area contributed by atoms with E-state index in [2.05, 4.69) is 10.3 Å². The van der Waals surface area contributed by atoms with Crippen molar-refractivity contribution in [1.82, 2.24) is 4.98 Å². The van der Waals surface area contributed by atoms with Gasteiger partial charge < -0.3 is 19.8 Å². The maximum atomic E-state index is 13.9. The van der Waals surface area contributed by atoms with Crippen LogP contribution in [0.4, 0.5) is 24.5 Å². The number of aromatic amines is 1. The van der Waals surface area contributed by atoms with E-state index in [1.165, 1.54) is 49.6 Å². The van der Waals surface area contributed by atoms with Gasteiger partial charge in [0.2, 0.25) is 21.8 Å². The molecule has 0 radical (unpaired) electrons. The fourth-order valence-corrected chi connectivity index (χ4v) is 8.55. The summed E-state index contributed by atoms with van der Waals surface area (Å²) in [6.07, 6.45) is -4.70. The zero-order valence-corrected chi connectivity index (χ0v) is 26.9. The number of hydrogen-bond acceptors (Lipinski definition) is 10. The van der Waals surface area contributed by atoms with E-state index < -0.39 is 68.1 Å². The number of anilines is 2. The van der Waals surface area contributed by atoms with E-state index >= 15 is 0 Å². The number of aromatic nitrogens is 1. The van der Waals surface area contributed by atoms with Crippen molar-refractivity contribution in [2.45, 2.75) is 27.3 Å². The van der Waals surface area contributed by atoms with Gasteiger partial charge in [-0.3, -0.25) is 19.2 Å². The lowest BCUT2D eigenvalue weighted by Gasteiger charge is -2.30. The van der Waals surface area contributed by atoms with Crippen LogP contribution < -0.4 is 29.7 Å². The molecule has 4 N–H and O–H groups in total. The number of H-pyrrole nitrogens is 1. The molecule has 4 aromatic rings. The Balaban J connectivity index is 1.27. The Morgan fingerprint density at radius 3 is 2.42 bits per heavy atom. The normalized spacial score (nSPS) is 19.1. The smallest absolute Gasteiger partial charge is 0.416 e. The molecule has 3 aromatic carbocycles. The lowest BCUT2D eigenvalue weighted by atomic mass is 9.83. The van der Waals surface area contributed by atoms with E-state index in [-0.39, 0.29) is 22.1 Å². The summed E-state index contributed by atoms with van der Waals surface area (Å²) in [5.41, 5.74) is -0.487. The van der Waals surface area contributed by atoms with Gasteiger partial charge in [-0.25, -0.2) is 18.5 Å². The number of halogens is 3. The molecule has 0 unspecified atom stereocenters. The van der Waals surface area contributed by atoms with E-state index in [9.17, 15) is 40.8 Å². The first kappa shape index (κ1) is 33.3. The monoisotopic (exact) mass is 720 g/mol. The molecule has 1 fully saturated rings. The Hall–Kier alpha value is -4.65. The summed E-state index contributed by atoms with van der Waals surface area (Å²) in [4.78, 5) is 55.9. The van der Waals surface area contributed by atoms with Gasteiger partial charge in [0.05, 0.1) is 34.2 Å². The maximum absolute atomic E-state index is 13.9. The number of benzene rings is 3. The molecule has 6 rings (SSSR count). The van der Waals surface area contributed by atoms with Crippen molar-refractivity contribution >= 4 is 62.2 Å². The van der Waals surface area contributed by atoms with Crippen LogP contribution in [-0.4, -0.2) is 50.1 Å². The number of methoxy groups -OCH3 is 1. The maximum Gasteiger partial charge on any atom is 0.416 e. The zero-order chi connectivity index (χ0) is 34.5. The number of thioether (sulfide) groups is 1. The van der Waals surface area contributed by atoms with Gasteiger partial charge in [0, 0.05) is 16.5 Å². The largest absolute Gasteiger partial charge is 0.493 e. The number of fused-ring (bicyclic) bond motifs is 2. The number of thiazole rings is 1. The number of imide groups is 1. The van der Waals surface area contributed by atoms with Crippen molar-refractivity contribution in [3.8, 4) is 11.5 Å². The molecule has 12 nitrogen and oxygen atoms in total. The summed E-state index contributed by atoms with van der Waals surface area (Å²) in [5.74, 6) is -3.64. The molecule has 250 valence electrons. The van der Waals surface area contributed by atoms with Crippen molar-refractivity contribution in [2.75, 3.05) is 23.9 Å². The summed E-state index contributed by atoms with van der Waals surface area (Å²) < 4.78 is 74.4. The second-order valence-corrected chi connectivity index (χ2v) is 14.4. The van der Waals surface area contributed by atoms with Crippen LogP contribution in [-0.2, 0) is 30.6 Å². The number of nitrogens with two attached hydrogens (primary N) is 1. The fourth-order valence-electron chi connectivity index (χ4n) is 5.52. The molecule has 3 atom stereocenters. The van der Waals surface area contributed by atoms with Crippen LogP contribution >= 0.6 is 23.1 Å². The first-order valence-electron chi connectivity index (χ1n) is 13.8. The van der Waals surface area contributed by atoms with Crippen LogP contribution in [0.15, 0.2) is 81.4 Å². The number of rotatable bonds is 8. The molecule has 2 aliphatic heterocycles. The van der Waals surface area contributed by atoms with E-state index in [0.717, 1.165) is 46.2 Å². The number of primary sulfonamides is 1. The number of sulfonamides is 1. The standard InChI is InChI=1S/C30H23F3N4O8S3/c1-44-20-11-14(5-10-19(20)45-13-21(38)35-16-6-8-18(9-7-16)48(34,42)43)22-23-25(46-26-24(22)47-29(41)36-26)28(40)37(27(23)39)17-4-2-3-15(12-17)30(31,32)33/h2-12,22-23,25H,13H2,1H3,(H,35,38)(H,36,41)(H2,34,42,43)/t22-,23-,25+/m0/s1. The average molecular weight is 721 g/mol. The number of amides is 3. The third-order valence-electron chi connectivity index (χ3n) is 7.63. The molecule has 3 heterocycles. The molecular formula is C30H23F3N4O8S3. The number of carbonyl (C=O) groups is 3. The SMILES string of the molecule is COc1cc([C@@H]2c3sc(=O)[nH]c3S[C@H]3C(=O)N(c4cccc(C(F)(F)F)c4)C(=O)[C@@H]23)ccc1OCC(=O)Nc1ccc(S(N)(=O)=O)cc1. The second kappa shape index (κ2) is 12.4. The number of hydrogen-bond donors (Lipinski definition) is 3. The van der Waals surface area contributed by atoms with Crippen LogP contribution in [0.5, 0.6) is 11.5 Å². The van der Waals surface area contributed by atoms with Crippen molar-refractivity contribution in [3.63, 3.8) is 0 Å². The van der Waals surface area contributed by atoms with Crippen molar-refractivity contribution in [3.05, 3.63) is 92.4 Å². The van der Waals surface area contributed by atoms with Gasteiger partial charge in [0.1, 0.15) is 5.25 Å². The predicted octanol–water partition coefficient (Wildman–Crippen LogP) is 3.92. The summed E-state index contributed by atoms with van der Waals surface area (Å²) in [6, 6.07) is 13.7.